The smallest absolute Gasteiger partial charge is 0.231 e. The Hall–Kier alpha value is -2.30. The standard InChI is InChI=1S/C15H13F2NO2/c1-9-5-12(17)13(6-11(9)16)18-7-10-3-2-4-14-15(10)20-8-19-14/h2-6,18H,7-8H2,1H3. The minimum Gasteiger partial charge on any atom is -0.454 e. The zero-order valence-corrected chi connectivity index (χ0v) is 10.9. The van der Waals surface area contributed by atoms with Gasteiger partial charge < -0.3 is 14.8 Å². The van der Waals surface area contributed by atoms with Crippen molar-refractivity contribution in [3.05, 3.63) is 53.1 Å². The van der Waals surface area contributed by atoms with Crippen LogP contribution in [0.5, 0.6) is 11.5 Å². The summed E-state index contributed by atoms with van der Waals surface area (Å²) in [5.74, 6) is 0.397. The van der Waals surface area contributed by atoms with Crippen LogP contribution in [0.3, 0.4) is 0 Å². The molecule has 0 unspecified atom stereocenters. The van der Waals surface area contributed by atoms with E-state index in [1.165, 1.54) is 13.0 Å². The van der Waals surface area contributed by atoms with Gasteiger partial charge in [-0.3, -0.25) is 0 Å². The Kier molecular flexibility index (Phi) is 3.18. The molecule has 1 aliphatic rings. The second-order valence-corrected chi connectivity index (χ2v) is 4.59. The molecule has 20 heavy (non-hydrogen) atoms. The van der Waals surface area contributed by atoms with Gasteiger partial charge in [0, 0.05) is 18.2 Å². The van der Waals surface area contributed by atoms with E-state index in [0.717, 1.165) is 11.6 Å². The van der Waals surface area contributed by atoms with Crippen LogP contribution in [-0.2, 0) is 6.54 Å². The first-order valence-corrected chi connectivity index (χ1v) is 6.22. The zero-order valence-electron chi connectivity index (χ0n) is 10.9. The van der Waals surface area contributed by atoms with E-state index in [1.807, 2.05) is 12.1 Å². The van der Waals surface area contributed by atoms with E-state index in [1.54, 1.807) is 6.07 Å². The van der Waals surface area contributed by atoms with Crippen molar-refractivity contribution in [1.29, 1.82) is 0 Å². The van der Waals surface area contributed by atoms with Gasteiger partial charge in [-0.05, 0) is 24.6 Å². The fraction of sp³-hybridized carbons (Fsp3) is 0.200. The van der Waals surface area contributed by atoms with Crippen LogP contribution in [0.1, 0.15) is 11.1 Å². The van der Waals surface area contributed by atoms with E-state index in [4.69, 9.17) is 9.47 Å². The number of hydrogen-bond donors (Lipinski definition) is 1. The van der Waals surface area contributed by atoms with Gasteiger partial charge >= 0.3 is 0 Å². The molecule has 3 rings (SSSR count). The summed E-state index contributed by atoms with van der Waals surface area (Å²) in [5.41, 5.74) is 1.25. The summed E-state index contributed by atoms with van der Waals surface area (Å²) in [6, 6.07) is 7.81. The molecule has 1 aliphatic heterocycles. The summed E-state index contributed by atoms with van der Waals surface area (Å²) in [4.78, 5) is 0. The van der Waals surface area contributed by atoms with Gasteiger partial charge in [0.1, 0.15) is 11.6 Å². The Morgan fingerprint density at radius 3 is 2.85 bits per heavy atom. The van der Waals surface area contributed by atoms with E-state index in [9.17, 15) is 8.78 Å². The zero-order chi connectivity index (χ0) is 14.1. The highest BCUT2D eigenvalue weighted by atomic mass is 19.1. The Morgan fingerprint density at radius 1 is 1.15 bits per heavy atom. The van der Waals surface area contributed by atoms with Crippen molar-refractivity contribution in [2.75, 3.05) is 12.1 Å². The molecule has 0 bridgehead atoms. The highest BCUT2D eigenvalue weighted by Gasteiger charge is 2.17. The molecule has 0 aliphatic carbocycles. The van der Waals surface area contributed by atoms with Gasteiger partial charge in [0.05, 0.1) is 5.69 Å². The van der Waals surface area contributed by atoms with Crippen LogP contribution in [0.2, 0.25) is 0 Å². The van der Waals surface area contributed by atoms with Crippen molar-refractivity contribution >= 4 is 5.69 Å². The molecular weight excluding hydrogens is 264 g/mol. The molecule has 0 fully saturated rings. The maximum absolute atomic E-state index is 13.7. The first kappa shape index (κ1) is 12.7. The molecule has 3 nitrogen and oxygen atoms in total. The first-order chi connectivity index (χ1) is 9.65. The lowest BCUT2D eigenvalue weighted by Gasteiger charge is -2.10. The van der Waals surface area contributed by atoms with Crippen molar-refractivity contribution in [2.24, 2.45) is 0 Å². The van der Waals surface area contributed by atoms with Crippen LogP contribution in [0.25, 0.3) is 0 Å². The largest absolute Gasteiger partial charge is 0.454 e. The third-order valence-corrected chi connectivity index (χ3v) is 3.20. The summed E-state index contributed by atoms with van der Waals surface area (Å²) in [5, 5.41) is 2.88. The number of halogens is 2. The number of ether oxygens (including phenoxy) is 2. The number of nitrogens with one attached hydrogen (secondary N) is 1. The fourth-order valence-corrected chi connectivity index (χ4v) is 2.10. The Morgan fingerprint density at radius 2 is 2.00 bits per heavy atom. The van der Waals surface area contributed by atoms with E-state index < -0.39 is 11.6 Å². The van der Waals surface area contributed by atoms with Crippen molar-refractivity contribution < 1.29 is 18.3 Å². The minimum absolute atomic E-state index is 0.129. The molecule has 5 heteroatoms. The van der Waals surface area contributed by atoms with Gasteiger partial charge in [-0.25, -0.2) is 8.78 Å². The van der Waals surface area contributed by atoms with Crippen molar-refractivity contribution in [1.82, 2.24) is 0 Å². The number of para-hydroxylation sites is 1. The van der Waals surface area contributed by atoms with E-state index in [0.29, 0.717) is 18.0 Å². The molecule has 0 spiro atoms. The SMILES string of the molecule is Cc1cc(F)c(NCc2cccc3c2OCO3)cc1F. The topological polar surface area (TPSA) is 30.5 Å². The van der Waals surface area contributed by atoms with Crippen LogP contribution in [0.4, 0.5) is 14.5 Å². The highest BCUT2D eigenvalue weighted by molar-refractivity contribution is 5.52. The molecule has 0 amide bonds. The summed E-state index contributed by atoms with van der Waals surface area (Å²) < 4.78 is 37.8. The van der Waals surface area contributed by atoms with Gasteiger partial charge in [0.25, 0.3) is 0 Å². The van der Waals surface area contributed by atoms with Gasteiger partial charge in [-0.1, -0.05) is 12.1 Å². The number of aryl methyl sites for hydroxylation is 1. The lowest BCUT2D eigenvalue weighted by Crippen LogP contribution is -2.04. The number of anilines is 1. The molecule has 0 saturated carbocycles. The second-order valence-electron chi connectivity index (χ2n) is 4.59. The highest BCUT2D eigenvalue weighted by Crippen LogP contribution is 2.35. The molecule has 0 atom stereocenters. The van der Waals surface area contributed by atoms with Gasteiger partial charge in [-0.15, -0.1) is 0 Å². The molecule has 2 aromatic rings. The fourth-order valence-electron chi connectivity index (χ4n) is 2.10. The van der Waals surface area contributed by atoms with Crippen LogP contribution in [0, 0.1) is 18.6 Å². The van der Waals surface area contributed by atoms with Crippen molar-refractivity contribution in [2.45, 2.75) is 13.5 Å². The van der Waals surface area contributed by atoms with Crippen LogP contribution in [0.15, 0.2) is 30.3 Å². The molecule has 0 aromatic heterocycles. The Balaban J connectivity index is 1.81. The van der Waals surface area contributed by atoms with E-state index >= 15 is 0 Å². The monoisotopic (exact) mass is 277 g/mol. The van der Waals surface area contributed by atoms with E-state index in [2.05, 4.69) is 5.32 Å². The van der Waals surface area contributed by atoms with Crippen molar-refractivity contribution in [3.8, 4) is 11.5 Å². The molecule has 0 radical (unpaired) electrons. The molecular formula is C15H13F2NO2. The number of rotatable bonds is 3. The predicted octanol–water partition coefficient (Wildman–Crippen LogP) is 3.61. The third kappa shape index (κ3) is 2.27. The number of hydrogen-bond acceptors (Lipinski definition) is 3. The Bertz CT molecular complexity index is 659. The first-order valence-electron chi connectivity index (χ1n) is 6.22. The maximum Gasteiger partial charge on any atom is 0.231 e. The lowest BCUT2D eigenvalue weighted by atomic mass is 10.1. The molecule has 1 heterocycles. The molecule has 1 N–H and O–H groups in total. The van der Waals surface area contributed by atoms with Crippen LogP contribution >= 0.6 is 0 Å². The maximum atomic E-state index is 13.7. The predicted molar refractivity (Wildman–Crippen MR) is 71.0 cm³/mol. The quantitative estimate of drug-likeness (QED) is 0.929. The average molecular weight is 277 g/mol. The molecule has 2 aromatic carbocycles. The molecule has 0 saturated heterocycles. The molecule has 104 valence electrons. The summed E-state index contributed by atoms with van der Waals surface area (Å²) in [6.45, 7) is 2.03. The summed E-state index contributed by atoms with van der Waals surface area (Å²) >= 11 is 0. The third-order valence-electron chi connectivity index (χ3n) is 3.20. The van der Waals surface area contributed by atoms with Gasteiger partial charge in [0.2, 0.25) is 6.79 Å². The van der Waals surface area contributed by atoms with Gasteiger partial charge in [-0.2, -0.15) is 0 Å². The summed E-state index contributed by atoms with van der Waals surface area (Å²) in [6.07, 6.45) is 0. The van der Waals surface area contributed by atoms with E-state index in [-0.39, 0.29) is 18.0 Å². The number of fused-ring (bicyclic) bond motifs is 1. The van der Waals surface area contributed by atoms with Crippen molar-refractivity contribution in [3.63, 3.8) is 0 Å². The van der Waals surface area contributed by atoms with Crippen LogP contribution in [-0.4, -0.2) is 6.79 Å². The van der Waals surface area contributed by atoms with Crippen LogP contribution < -0.4 is 14.8 Å². The Labute approximate surface area is 115 Å². The minimum atomic E-state index is -0.478. The lowest BCUT2D eigenvalue weighted by molar-refractivity contribution is 0.173. The average Bonchev–Trinajstić information content (AvgIpc) is 2.90. The van der Waals surface area contributed by atoms with Gasteiger partial charge in [0.15, 0.2) is 11.5 Å². The normalized spacial score (nSPS) is 12.6. The summed E-state index contributed by atoms with van der Waals surface area (Å²) in [7, 11) is 0. The second kappa shape index (κ2) is 5.00. The number of benzene rings is 2.